The molecule has 0 saturated heterocycles. The number of aliphatic hydroxyl groups excluding tert-OH is 1. The van der Waals surface area contributed by atoms with Crippen LogP contribution in [0, 0.1) is 28.6 Å². The monoisotopic (exact) mass is 181 g/mol. The van der Waals surface area contributed by atoms with Crippen LogP contribution >= 0.6 is 0 Å². The van der Waals surface area contributed by atoms with Crippen LogP contribution in [-0.4, -0.2) is 11.2 Å². The van der Waals surface area contributed by atoms with Crippen molar-refractivity contribution in [2.45, 2.75) is 46.1 Å². The van der Waals surface area contributed by atoms with Crippen LogP contribution in [0.1, 0.15) is 40.0 Å². The fourth-order valence-electron chi connectivity index (χ4n) is 2.26. The first-order valence-corrected chi connectivity index (χ1v) is 5.03. The van der Waals surface area contributed by atoms with Crippen molar-refractivity contribution in [3.8, 4) is 6.07 Å². The first-order valence-electron chi connectivity index (χ1n) is 5.03. The van der Waals surface area contributed by atoms with Crippen molar-refractivity contribution in [2.24, 2.45) is 17.3 Å². The lowest BCUT2D eigenvalue weighted by atomic mass is 9.66. The molecule has 0 aromatic rings. The number of aliphatic hydroxyl groups is 1. The van der Waals surface area contributed by atoms with Crippen molar-refractivity contribution in [1.29, 1.82) is 5.26 Å². The van der Waals surface area contributed by atoms with Gasteiger partial charge in [0.2, 0.25) is 0 Å². The second-order valence-corrected chi connectivity index (χ2v) is 5.17. The van der Waals surface area contributed by atoms with Gasteiger partial charge in [-0.05, 0) is 30.6 Å². The molecule has 1 aliphatic rings. The third-order valence-electron chi connectivity index (χ3n) is 3.10. The number of nitrogens with zero attached hydrogens (tertiary/aromatic N) is 1. The van der Waals surface area contributed by atoms with Crippen LogP contribution in [0.5, 0.6) is 0 Å². The lowest BCUT2D eigenvalue weighted by Gasteiger charge is -2.39. The molecule has 0 bridgehead atoms. The first-order chi connectivity index (χ1) is 5.95. The van der Waals surface area contributed by atoms with Crippen molar-refractivity contribution < 1.29 is 5.11 Å². The van der Waals surface area contributed by atoms with Crippen LogP contribution in [0.15, 0.2) is 0 Å². The predicted octanol–water partition coefficient (Wildman–Crippen LogP) is 2.33. The highest BCUT2D eigenvalue weighted by Crippen LogP contribution is 2.41. The molecular weight excluding hydrogens is 162 g/mol. The molecule has 0 aromatic carbocycles. The van der Waals surface area contributed by atoms with E-state index in [4.69, 9.17) is 5.26 Å². The van der Waals surface area contributed by atoms with Gasteiger partial charge >= 0.3 is 0 Å². The van der Waals surface area contributed by atoms with E-state index in [1.54, 1.807) is 0 Å². The molecule has 2 nitrogen and oxygen atoms in total. The highest BCUT2D eigenvalue weighted by molar-refractivity contribution is 4.96. The standard InChI is InChI=1S/C11H19NO/c1-11(2,3)10-6-9(13)5-4-8(10)7-12/h8-10,13H,4-6H2,1-3H3/t8-,9+,10-/m1/s1. The Balaban J connectivity index is 2.73. The number of hydrogen-bond donors (Lipinski definition) is 1. The maximum absolute atomic E-state index is 9.55. The van der Waals surface area contributed by atoms with E-state index in [0.29, 0.717) is 5.92 Å². The van der Waals surface area contributed by atoms with Gasteiger partial charge in [0.1, 0.15) is 0 Å². The Bertz CT molecular complexity index is 211. The quantitative estimate of drug-likeness (QED) is 0.623. The largest absolute Gasteiger partial charge is 0.393 e. The van der Waals surface area contributed by atoms with Gasteiger partial charge in [-0.2, -0.15) is 5.26 Å². The molecule has 0 spiro atoms. The van der Waals surface area contributed by atoms with Crippen LogP contribution < -0.4 is 0 Å². The summed E-state index contributed by atoms with van der Waals surface area (Å²) in [5.41, 5.74) is 0.141. The fourth-order valence-corrected chi connectivity index (χ4v) is 2.26. The second kappa shape index (κ2) is 3.67. The van der Waals surface area contributed by atoms with Crippen LogP contribution in [-0.2, 0) is 0 Å². The fraction of sp³-hybridized carbons (Fsp3) is 0.909. The molecule has 2 heteroatoms. The van der Waals surface area contributed by atoms with Gasteiger partial charge in [0.15, 0.2) is 0 Å². The number of rotatable bonds is 0. The summed E-state index contributed by atoms with van der Waals surface area (Å²) in [6, 6.07) is 2.37. The van der Waals surface area contributed by atoms with E-state index in [1.165, 1.54) is 0 Å². The highest BCUT2D eigenvalue weighted by Gasteiger charge is 2.37. The molecule has 74 valence electrons. The van der Waals surface area contributed by atoms with E-state index in [9.17, 15) is 5.11 Å². The van der Waals surface area contributed by atoms with Crippen LogP contribution in [0.25, 0.3) is 0 Å². The molecule has 3 atom stereocenters. The summed E-state index contributed by atoms with van der Waals surface area (Å²) in [4.78, 5) is 0. The molecule has 0 heterocycles. The molecule has 1 fully saturated rings. The van der Waals surface area contributed by atoms with Gasteiger partial charge < -0.3 is 5.11 Å². The Morgan fingerprint density at radius 1 is 1.31 bits per heavy atom. The predicted molar refractivity (Wildman–Crippen MR) is 51.9 cm³/mol. The van der Waals surface area contributed by atoms with Crippen molar-refractivity contribution in [3.05, 3.63) is 0 Å². The summed E-state index contributed by atoms with van der Waals surface area (Å²) in [7, 11) is 0. The summed E-state index contributed by atoms with van der Waals surface area (Å²) in [5, 5.41) is 18.5. The molecule has 1 rings (SSSR count). The molecular formula is C11H19NO. The molecule has 1 N–H and O–H groups in total. The van der Waals surface area contributed by atoms with E-state index in [2.05, 4.69) is 26.8 Å². The topological polar surface area (TPSA) is 44.0 Å². The van der Waals surface area contributed by atoms with Crippen molar-refractivity contribution in [1.82, 2.24) is 0 Å². The van der Waals surface area contributed by atoms with Gasteiger partial charge in [0.05, 0.1) is 12.2 Å². The van der Waals surface area contributed by atoms with E-state index in [0.717, 1.165) is 19.3 Å². The molecule has 0 unspecified atom stereocenters. The number of hydrogen-bond acceptors (Lipinski definition) is 2. The smallest absolute Gasteiger partial charge is 0.0658 e. The third kappa shape index (κ3) is 2.45. The lowest BCUT2D eigenvalue weighted by Crippen LogP contribution is -2.35. The minimum absolute atomic E-state index is 0.141. The van der Waals surface area contributed by atoms with Gasteiger partial charge in [-0.3, -0.25) is 0 Å². The Kier molecular flexibility index (Phi) is 2.98. The van der Waals surface area contributed by atoms with Crippen molar-refractivity contribution in [2.75, 3.05) is 0 Å². The SMILES string of the molecule is CC(C)(C)[C@@H]1C[C@@H](O)CC[C@@H]1C#N. The van der Waals surface area contributed by atoms with Gasteiger partial charge in [-0.15, -0.1) is 0 Å². The molecule has 0 aliphatic heterocycles. The van der Waals surface area contributed by atoms with Gasteiger partial charge in [0, 0.05) is 5.92 Å². The normalized spacial score (nSPS) is 35.5. The summed E-state index contributed by atoms with van der Waals surface area (Å²) in [6.07, 6.45) is 2.26. The van der Waals surface area contributed by atoms with Crippen molar-refractivity contribution in [3.63, 3.8) is 0 Å². The zero-order valence-electron chi connectivity index (χ0n) is 8.75. The summed E-state index contributed by atoms with van der Waals surface area (Å²) in [6.45, 7) is 6.46. The molecule has 13 heavy (non-hydrogen) atoms. The molecule has 0 amide bonds. The number of nitriles is 1. The van der Waals surface area contributed by atoms with Gasteiger partial charge in [-0.1, -0.05) is 20.8 Å². The summed E-state index contributed by atoms with van der Waals surface area (Å²) < 4.78 is 0. The second-order valence-electron chi connectivity index (χ2n) is 5.17. The zero-order valence-corrected chi connectivity index (χ0v) is 8.75. The van der Waals surface area contributed by atoms with Gasteiger partial charge in [-0.25, -0.2) is 0 Å². The molecule has 0 aromatic heterocycles. The van der Waals surface area contributed by atoms with Crippen molar-refractivity contribution >= 4 is 0 Å². The maximum Gasteiger partial charge on any atom is 0.0658 e. The minimum Gasteiger partial charge on any atom is -0.393 e. The molecule has 1 saturated carbocycles. The lowest BCUT2D eigenvalue weighted by molar-refractivity contribution is 0.0364. The Morgan fingerprint density at radius 3 is 2.38 bits per heavy atom. The zero-order chi connectivity index (χ0) is 10.1. The molecule has 1 aliphatic carbocycles. The molecule has 0 radical (unpaired) electrons. The Labute approximate surface area is 80.6 Å². The van der Waals surface area contributed by atoms with Crippen LogP contribution in [0.2, 0.25) is 0 Å². The minimum atomic E-state index is -0.186. The van der Waals surface area contributed by atoms with E-state index in [-0.39, 0.29) is 17.4 Å². The third-order valence-corrected chi connectivity index (χ3v) is 3.10. The van der Waals surface area contributed by atoms with E-state index < -0.39 is 0 Å². The van der Waals surface area contributed by atoms with E-state index in [1.807, 2.05) is 0 Å². The Hall–Kier alpha value is -0.550. The van der Waals surface area contributed by atoms with E-state index >= 15 is 0 Å². The van der Waals surface area contributed by atoms with Crippen LogP contribution in [0.3, 0.4) is 0 Å². The summed E-state index contributed by atoms with van der Waals surface area (Å²) >= 11 is 0. The van der Waals surface area contributed by atoms with Crippen LogP contribution in [0.4, 0.5) is 0 Å². The first kappa shape index (κ1) is 10.5. The summed E-state index contributed by atoms with van der Waals surface area (Å²) in [5.74, 6) is 0.490. The average molecular weight is 181 g/mol. The van der Waals surface area contributed by atoms with Gasteiger partial charge in [0.25, 0.3) is 0 Å². The average Bonchev–Trinajstić information content (AvgIpc) is 2.03. The highest BCUT2D eigenvalue weighted by atomic mass is 16.3. The Morgan fingerprint density at radius 2 is 1.92 bits per heavy atom. The maximum atomic E-state index is 9.55.